The fourth-order valence-corrected chi connectivity index (χ4v) is 5.02. The second-order valence-electron chi connectivity index (χ2n) is 9.58. The number of benzene rings is 2. The predicted molar refractivity (Wildman–Crippen MR) is 146 cm³/mol. The van der Waals surface area contributed by atoms with E-state index in [1.165, 1.54) is 0 Å². The molecule has 1 N–H and O–H groups in total. The number of amides is 1. The first-order valence-corrected chi connectivity index (χ1v) is 12.9. The van der Waals surface area contributed by atoms with E-state index in [0.29, 0.717) is 47.9 Å². The van der Waals surface area contributed by atoms with Gasteiger partial charge in [-0.3, -0.25) is 9.59 Å². The number of aromatic nitrogens is 2. The van der Waals surface area contributed by atoms with Crippen LogP contribution in [0.1, 0.15) is 47.5 Å². The number of aliphatic hydroxyl groups excluding tert-OH is 1. The van der Waals surface area contributed by atoms with Crippen molar-refractivity contribution in [2.45, 2.75) is 39.7 Å². The Bertz CT molecular complexity index is 1540. The Balaban J connectivity index is 1.64. The second kappa shape index (κ2) is 10.5. The number of ether oxygens (including phenoxy) is 1. The first-order chi connectivity index (χ1) is 18.4. The van der Waals surface area contributed by atoms with Gasteiger partial charge in [0.2, 0.25) is 0 Å². The number of carbonyl (C=O) groups excluding carboxylic acids is 2. The Morgan fingerprint density at radius 1 is 1.03 bits per heavy atom. The van der Waals surface area contributed by atoms with Crippen LogP contribution in [-0.4, -0.2) is 44.2 Å². The molecule has 0 radical (unpaired) electrons. The zero-order valence-corrected chi connectivity index (χ0v) is 21.8. The van der Waals surface area contributed by atoms with Gasteiger partial charge in [0.05, 0.1) is 23.9 Å². The van der Waals surface area contributed by atoms with Gasteiger partial charge >= 0.3 is 0 Å². The molecule has 1 saturated heterocycles. The van der Waals surface area contributed by atoms with E-state index in [0.717, 1.165) is 17.5 Å². The highest BCUT2D eigenvalue weighted by atomic mass is 16.5. The zero-order valence-electron chi connectivity index (χ0n) is 21.8. The van der Waals surface area contributed by atoms with Crippen LogP contribution in [-0.2, 0) is 16.0 Å². The van der Waals surface area contributed by atoms with E-state index < -0.39 is 17.7 Å². The van der Waals surface area contributed by atoms with Crippen LogP contribution in [0.25, 0.3) is 11.4 Å². The number of pyridine rings is 1. The lowest BCUT2D eigenvalue weighted by Gasteiger charge is -2.25. The Morgan fingerprint density at radius 3 is 2.55 bits per heavy atom. The van der Waals surface area contributed by atoms with Crippen molar-refractivity contribution in [3.05, 3.63) is 107 Å². The zero-order chi connectivity index (χ0) is 26.8. The van der Waals surface area contributed by atoms with Crippen molar-refractivity contribution < 1.29 is 19.4 Å². The van der Waals surface area contributed by atoms with Gasteiger partial charge in [0, 0.05) is 12.7 Å². The number of aryl methyl sites for hydroxylation is 2. The molecule has 1 unspecified atom stereocenters. The van der Waals surface area contributed by atoms with E-state index in [1.807, 2.05) is 98.1 Å². The maximum absolute atomic E-state index is 13.5. The number of rotatable bonds is 8. The SMILES string of the molecule is CCCOc1cccc(C2C(=C(O)c3nc4c(C)cccn4c3C)C(=O)C(=O)N2CCc2ccccc2)c1. The van der Waals surface area contributed by atoms with Gasteiger partial charge in [-0.1, -0.05) is 55.5 Å². The number of hydrogen-bond donors (Lipinski definition) is 1. The van der Waals surface area contributed by atoms with Crippen LogP contribution in [0.5, 0.6) is 5.75 Å². The molecule has 38 heavy (non-hydrogen) atoms. The largest absolute Gasteiger partial charge is 0.505 e. The molecule has 7 nitrogen and oxygen atoms in total. The highest BCUT2D eigenvalue weighted by molar-refractivity contribution is 6.46. The van der Waals surface area contributed by atoms with Gasteiger partial charge in [0.1, 0.15) is 17.1 Å². The average Bonchev–Trinajstić information content (AvgIpc) is 3.41. The van der Waals surface area contributed by atoms with Crippen molar-refractivity contribution in [2.24, 2.45) is 0 Å². The summed E-state index contributed by atoms with van der Waals surface area (Å²) >= 11 is 0. The molecule has 1 aliphatic heterocycles. The molecular formula is C31H31N3O4. The molecule has 0 spiro atoms. The van der Waals surface area contributed by atoms with E-state index >= 15 is 0 Å². The minimum Gasteiger partial charge on any atom is -0.505 e. The molecule has 2 aromatic carbocycles. The Morgan fingerprint density at radius 2 is 1.82 bits per heavy atom. The molecule has 5 rings (SSSR count). The van der Waals surface area contributed by atoms with Gasteiger partial charge in [0.15, 0.2) is 5.76 Å². The maximum Gasteiger partial charge on any atom is 0.295 e. The van der Waals surface area contributed by atoms with Gasteiger partial charge < -0.3 is 19.1 Å². The smallest absolute Gasteiger partial charge is 0.295 e. The van der Waals surface area contributed by atoms with Gasteiger partial charge in [-0.2, -0.15) is 0 Å². The number of Topliss-reactive ketones (excluding diaryl/α,β-unsaturated/α-hetero) is 1. The van der Waals surface area contributed by atoms with E-state index in [1.54, 1.807) is 4.90 Å². The van der Waals surface area contributed by atoms with Crippen LogP contribution < -0.4 is 4.74 Å². The minimum absolute atomic E-state index is 0.0415. The molecule has 1 atom stereocenters. The highest BCUT2D eigenvalue weighted by Gasteiger charge is 2.46. The Labute approximate surface area is 222 Å². The van der Waals surface area contributed by atoms with Crippen molar-refractivity contribution >= 4 is 23.1 Å². The van der Waals surface area contributed by atoms with Gasteiger partial charge in [0.25, 0.3) is 11.7 Å². The number of likely N-dealkylation sites (tertiary alicyclic amines) is 1. The van der Waals surface area contributed by atoms with Crippen LogP contribution in [0.15, 0.2) is 78.5 Å². The summed E-state index contributed by atoms with van der Waals surface area (Å²) in [5.74, 6) is -0.966. The van der Waals surface area contributed by atoms with Crippen LogP contribution in [0, 0.1) is 13.8 Å². The van der Waals surface area contributed by atoms with Crippen LogP contribution in [0.4, 0.5) is 0 Å². The summed E-state index contributed by atoms with van der Waals surface area (Å²) in [4.78, 5) is 33.1. The summed E-state index contributed by atoms with van der Waals surface area (Å²) in [6.07, 6.45) is 3.29. The van der Waals surface area contributed by atoms with Crippen LogP contribution >= 0.6 is 0 Å². The maximum atomic E-state index is 13.5. The molecular weight excluding hydrogens is 478 g/mol. The molecule has 1 aliphatic rings. The van der Waals surface area contributed by atoms with Crippen LogP contribution in [0.3, 0.4) is 0 Å². The molecule has 1 fully saturated rings. The fourth-order valence-electron chi connectivity index (χ4n) is 5.02. The topological polar surface area (TPSA) is 84.1 Å². The normalized spacial score (nSPS) is 16.9. The lowest BCUT2D eigenvalue weighted by molar-refractivity contribution is -0.139. The van der Waals surface area contributed by atoms with Gasteiger partial charge in [-0.25, -0.2) is 4.98 Å². The molecule has 194 valence electrons. The van der Waals surface area contributed by atoms with Crippen molar-refractivity contribution in [3.8, 4) is 5.75 Å². The number of fused-ring (bicyclic) bond motifs is 1. The average molecular weight is 510 g/mol. The number of aliphatic hydroxyl groups is 1. The Hall–Kier alpha value is -4.39. The highest BCUT2D eigenvalue weighted by Crippen LogP contribution is 2.40. The van der Waals surface area contributed by atoms with E-state index in [-0.39, 0.29) is 11.3 Å². The lowest BCUT2D eigenvalue weighted by Crippen LogP contribution is -2.31. The predicted octanol–water partition coefficient (Wildman–Crippen LogP) is 5.40. The number of hydrogen-bond acceptors (Lipinski definition) is 5. The third kappa shape index (κ3) is 4.56. The van der Waals surface area contributed by atoms with Gasteiger partial charge in [-0.15, -0.1) is 0 Å². The number of carbonyl (C=O) groups is 2. The summed E-state index contributed by atoms with van der Waals surface area (Å²) in [6.45, 7) is 6.68. The molecule has 3 heterocycles. The first kappa shape index (κ1) is 25.3. The Kier molecular flexibility index (Phi) is 7.01. The molecule has 7 heteroatoms. The molecule has 1 amide bonds. The monoisotopic (exact) mass is 509 g/mol. The third-order valence-corrected chi connectivity index (χ3v) is 6.98. The van der Waals surface area contributed by atoms with Crippen molar-refractivity contribution in [1.82, 2.24) is 14.3 Å². The number of nitrogens with zero attached hydrogens (tertiary/aromatic N) is 3. The summed E-state index contributed by atoms with van der Waals surface area (Å²) in [5, 5.41) is 11.6. The lowest BCUT2D eigenvalue weighted by atomic mass is 9.96. The molecule has 4 aromatic rings. The summed E-state index contributed by atoms with van der Waals surface area (Å²) in [5.41, 5.74) is 4.41. The molecule has 0 aliphatic carbocycles. The van der Waals surface area contributed by atoms with Crippen molar-refractivity contribution in [3.63, 3.8) is 0 Å². The number of imidazole rings is 1. The van der Waals surface area contributed by atoms with Gasteiger partial charge in [-0.05, 0) is 61.6 Å². The van der Waals surface area contributed by atoms with Crippen molar-refractivity contribution in [2.75, 3.05) is 13.2 Å². The van der Waals surface area contributed by atoms with Crippen LogP contribution in [0.2, 0.25) is 0 Å². The second-order valence-corrected chi connectivity index (χ2v) is 9.58. The standard InChI is InChI=1S/C31H31N3O4/c1-4-18-38-24-14-8-13-23(19-24)27-25(28(35)26-21(3)33-16-9-10-20(2)30(33)32-26)29(36)31(37)34(27)17-15-22-11-6-5-7-12-22/h5-14,16,19,27,35H,4,15,17-18H2,1-3H3. The van der Waals surface area contributed by atoms with E-state index in [9.17, 15) is 14.7 Å². The summed E-state index contributed by atoms with van der Waals surface area (Å²) in [6, 6.07) is 20.3. The summed E-state index contributed by atoms with van der Waals surface area (Å²) < 4.78 is 7.72. The number of ketones is 1. The first-order valence-electron chi connectivity index (χ1n) is 12.9. The molecule has 0 saturated carbocycles. The third-order valence-electron chi connectivity index (χ3n) is 6.98. The van der Waals surface area contributed by atoms with Crippen molar-refractivity contribution in [1.29, 1.82) is 0 Å². The minimum atomic E-state index is -0.769. The molecule has 0 bridgehead atoms. The summed E-state index contributed by atoms with van der Waals surface area (Å²) in [7, 11) is 0. The fraction of sp³-hybridized carbons (Fsp3) is 0.258. The van der Waals surface area contributed by atoms with E-state index in [4.69, 9.17) is 4.74 Å². The quantitative estimate of drug-likeness (QED) is 0.195. The van der Waals surface area contributed by atoms with E-state index in [2.05, 4.69) is 4.98 Å². The molecule has 2 aromatic heterocycles.